The Kier molecular flexibility index (Phi) is 18.5. The van der Waals surface area contributed by atoms with Gasteiger partial charge in [0.25, 0.3) is 0 Å². The third-order valence-electron chi connectivity index (χ3n) is 5.19. The lowest BCUT2D eigenvalue weighted by Crippen LogP contribution is -2.27. The summed E-state index contributed by atoms with van der Waals surface area (Å²) in [6.07, 6.45) is 16.4. The van der Waals surface area contributed by atoms with Gasteiger partial charge in [0.2, 0.25) is 5.91 Å². The molecule has 1 aromatic rings. The number of unbranched alkanes of at least 4 members (excludes halogenated alkanes) is 11. The standard InChI is InChI=1S/C23H43N5O4/c1-21(29)20-32-19-18-31-17-16-24-23(30)15-13-11-9-7-5-3-2-4-6-8-10-12-14-22-25-27-28-26-22/h2-20H2,1H3,(H,24,30)(H,25,26,27,28). The van der Waals surface area contributed by atoms with E-state index in [0.29, 0.717) is 32.8 Å². The summed E-state index contributed by atoms with van der Waals surface area (Å²) in [5.41, 5.74) is 0. The number of carbonyl (C=O) groups excluding carboxylic acids is 2. The molecule has 0 aromatic carbocycles. The molecule has 0 aliphatic heterocycles. The van der Waals surface area contributed by atoms with Gasteiger partial charge in [0.15, 0.2) is 11.6 Å². The number of aromatic nitrogens is 4. The second kappa shape index (κ2) is 21.0. The lowest BCUT2D eigenvalue weighted by Gasteiger charge is -2.07. The van der Waals surface area contributed by atoms with E-state index in [1.807, 2.05) is 0 Å². The lowest BCUT2D eigenvalue weighted by molar-refractivity contribution is -0.123. The minimum absolute atomic E-state index is 0.00790. The Bertz CT molecular complexity index is 569. The number of aryl methyl sites for hydroxylation is 1. The number of amides is 1. The molecule has 1 amide bonds. The molecule has 184 valence electrons. The van der Waals surface area contributed by atoms with Crippen molar-refractivity contribution in [1.29, 1.82) is 0 Å². The van der Waals surface area contributed by atoms with Crippen molar-refractivity contribution < 1.29 is 19.1 Å². The summed E-state index contributed by atoms with van der Waals surface area (Å²) in [6, 6.07) is 0. The number of hydrogen-bond donors (Lipinski definition) is 2. The first kappa shape index (κ1) is 28.2. The van der Waals surface area contributed by atoms with Gasteiger partial charge in [-0.25, -0.2) is 0 Å². The van der Waals surface area contributed by atoms with Crippen molar-refractivity contribution in [1.82, 2.24) is 25.9 Å². The van der Waals surface area contributed by atoms with Gasteiger partial charge in [-0.3, -0.25) is 9.59 Å². The molecule has 0 atom stereocenters. The summed E-state index contributed by atoms with van der Waals surface area (Å²) in [6.45, 7) is 3.44. The van der Waals surface area contributed by atoms with Crippen LogP contribution in [0.4, 0.5) is 0 Å². The minimum Gasteiger partial charge on any atom is -0.377 e. The quantitative estimate of drug-likeness (QED) is 0.243. The molecule has 9 heteroatoms. The van der Waals surface area contributed by atoms with Gasteiger partial charge in [-0.1, -0.05) is 69.4 Å². The van der Waals surface area contributed by atoms with E-state index in [9.17, 15) is 9.59 Å². The van der Waals surface area contributed by atoms with Crippen molar-refractivity contribution in [3.05, 3.63) is 5.82 Å². The molecule has 0 bridgehead atoms. The summed E-state index contributed by atoms with van der Waals surface area (Å²) in [4.78, 5) is 22.5. The highest BCUT2D eigenvalue weighted by Gasteiger charge is 2.01. The van der Waals surface area contributed by atoms with Crippen molar-refractivity contribution in [2.75, 3.05) is 33.0 Å². The SMILES string of the molecule is CC(=O)COCCOCCNC(=O)CCCCCCCCCCCCCCc1nn[nH]n1. The largest absolute Gasteiger partial charge is 0.377 e. The normalized spacial score (nSPS) is 11.0. The maximum absolute atomic E-state index is 11.8. The number of ether oxygens (including phenoxy) is 2. The Morgan fingerprint density at radius 1 is 0.812 bits per heavy atom. The molecule has 32 heavy (non-hydrogen) atoms. The smallest absolute Gasteiger partial charge is 0.220 e. The lowest BCUT2D eigenvalue weighted by atomic mass is 10.0. The molecule has 0 aliphatic carbocycles. The Morgan fingerprint density at radius 3 is 2.00 bits per heavy atom. The highest BCUT2D eigenvalue weighted by molar-refractivity contribution is 5.76. The van der Waals surface area contributed by atoms with Crippen LogP contribution in [-0.2, 0) is 25.5 Å². The molecular formula is C23H43N5O4. The number of nitrogens with zero attached hydrogens (tertiary/aromatic N) is 3. The average Bonchev–Trinajstić information content (AvgIpc) is 3.29. The van der Waals surface area contributed by atoms with Crippen LogP contribution in [0.1, 0.15) is 96.2 Å². The van der Waals surface area contributed by atoms with Crippen LogP contribution in [0, 0.1) is 0 Å². The first-order chi connectivity index (χ1) is 15.7. The van der Waals surface area contributed by atoms with E-state index in [2.05, 4.69) is 25.9 Å². The Labute approximate surface area is 192 Å². The summed E-state index contributed by atoms with van der Waals surface area (Å²) < 4.78 is 10.4. The fourth-order valence-electron chi connectivity index (χ4n) is 3.41. The van der Waals surface area contributed by atoms with Gasteiger partial charge in [0, 0.05) is 19.4 Å². The van der Waals surface area contributed by atoms with Crippen molar-refractivity contribution in [2.45, 2.75) is 96.8 Å². The highest BCUT2D eigenvalue weighted by Crippen LogP contribution is 2.13. The van der Waals surface area contributed by atoms with E-state index in [1.165, 1.54) is 64.7 Å². The molecule has 1 rings (SSSR count). The van der Waals surface area contributed by atoms with Gasteiger partial charge < -0.3 is 14.8 Å². The predicted molar refractivity (Wildman–Crippen MR) is 123 cm³/mol. The van der Waals surface area contributed by atoms with Crippen LogP contribution in [0.25, 0.3) is 0 Å². The molecule has 0 radical (unpaired) electrons. The molecule has 0 saturated heterocycles. The number of nitrogens with one attached hydrogen (secondary N) is 2. The van der Waals surface area contributed by atoms with Crippen LogP contribution in [0.5, 0.6) is 0 Å². The van der Waals surface area contributed by atoms with Crippen LogP contribution in [0.15, 0.2) is 0 Å². The third-order valence-corrected chi connectivity index (χ3v) is 5.19. The third kappa shape index (κ3) is 18.9. The summed E-state index contributed by atoms with van der Waals surface area (Å²) in [5.74, 6) is 0.924. The molecule has 0 saturated carbocycles. The summed E-state index contributed by atoms with van der Waals surface area (Å²) in [7, 11) is 0. The molecular weight excluding hydrogens is 410 g/mol. The van der Waals surface area contributed by atoms with Crippen LogP contribution in [0.2, 0.25) is 0 Å². The monoisotopic (exact) mass is 453 g/mol. The number of rotatable bonds is 23. The van der Waals surface area contributed by atoms with Crippen LogP contribution in [-0.4, -0.2) is 65.3 Å². The molecule has 0 spiro atoms. The van der Waals surface area contributed by atoms with Gasteiger partial charge in [0.1, 0.15) is 6.61 Å². The fourth-order valence-corrected chi connectivity index (χ4v) is 3.41. The van der Waals surface area contributed by atoms with E-state index >= 15 is 0 Å². The van der Waals surface area contributed by atoms with Crippen molar-refractivity contribution >= 4 is 11.7 Å². The van der Waals surface area contributed by atoms with Crippen LogP contribution in [0.3, 0.4) is 0 Å². The zero-order valence-corrected chi connectivity index (χ0v) is 19.9. The van der Waals surface area contributed by atoms with E-state index in [1.54, 1.807) is 0 Å². The first-order valence-corrected chi connectivity index (χ1v) is 12.3. The van der Waals surface area contributed by atoms with E-state index in [0.717, 1.165) is 31.5 Å². The maximum atomic E-state index is 11.8. The zero-order chi connectivity index (χ0) is 23.1. The van der Waals surface area contributed by atoms with Crippen molar-refractivity contribution in [3.8, 4) is 0 Å². The average molecular weight is 454 g/mol. The van der Waals surface area contributed by atoms with E-state index in [-0.39, 0.29) is 18.3 Å². The number of carbonyl (C=O) groups is 2. The summed E-state index contributed by atoms with van der Waals surface area (Å²) >= 11 is 0. The topological polar surface area (TPSA) is 119 Å². The molecule has 9 nitrogen and oxygen atoms in total. The Morgan fingerprint density at radius 2 is 1.41 bits per heavy atom. The number of tetrazole rings is 1. The highest BCUT2D eigenvalue weighted by atomic mass is 16.5. The Balaban J connectivity index is 1.71. The zero-order valence-electron chi connectivity index (χ0n) is 19.9. The van der Waals surface area contributed by atoms with E-state index < -0.39 is 0 Å². The molecule has 1 heterocycles. The van der Waals surface area contributed by atoms with Crippen molar-refractivity contribution in [3.63, 3.8) is 0 Å². The maximum Gasteiger partial charge on any atom is 0.220 e. The second-order valence-corrected chi connectivity index (χ2v) is 8.29. The summed E-state index contributed by atoms with van der Waals surface area (Å²) in [5, 5.41) is 16.9. The molecule has 0 fully saturated rings. The minimum atomic E-state index is 0.00790. The van der Waals surface area contributed by atoms with E-state index in [4.69, 9.17) is 9.47 Å². The van der Waals surface area contributed by atoms with Gasteiger partial charge >= 0.3 is 0 Å². The van der Waals surface area contributed by atoms with Crippen LogP contribution >= 0.6 is 0 Å². The first-order valence-electron chi connectivity index (χ1n) is 12.3. The number of hydrogen-bond acceptors (Lipinski definition) is 7. The number of aromatic amines is 1. The second-order valence-electron chi connectivity index (χ2n) is 8.29. The molecule has 2 N–H and O–H groups in total. The van der Waals surface area contributed by atoms with Crippen LogP contribution < -0.4 is 5.32 Å². The van der Waals surface area contributed by atoms with Gasteiger partial charge in [0.05, 0.1) is 19.8 Å². The number of Topliss-reactive ketones (excluding diaryl/α,β-unsaturated/α-hetero) is 1. The van der Waals surface area contributed by atoms with Gasteiger partial charge in [-0.05, 0) is 19.8 Å². The van der Waals surface area contributed by atoms with Gasteiger partial charge in [-0.2, -0.15) is 5.21 Å². The Hall–Kier alpha value is -1.87. The molecule has 0 unspecified atom stereocenters. The number of ketones is 1. The predicted octanol–water partition coefficient (Wildman–Crippen LogP) is 3.55. The molecule has 0 aliphatic rings. The fraction of sp³-hybridized carbons (Fsp3) is 0.870. The number of H-pyrrole nitrogens is 1. The van der Waals surface area contributed by atoms with Gasteiger partial charge in [-0.15, -0.1) is 10.2 Å². The van der Waals surface area contributed by atoms with Crippen molar-refractivity contribution in [2.24, 2.45) is 0 Å². The molecule has 1 aromatic heterocycles.